The fourth-order valence-electron chi connectivity index (χ4n) is 3.03. The molecule has 2 unspecified atom stereocenters. The third-order valence-corrected chi connectivity index (χ3v) is 4.66. The highest BCUT2D eigenvalue weighted by Crippen LogP contribution is 2.25. The monoisotopic (exact) mass is 308 g/mol. The van der Waals surface area contributed by atoms with E-state index in [2.05, 4.69) is 17.6 Å². The SMILES string of the molecule is CC(NC(=O)CC(C)C1CCNCC1)c1cccc(Cl)c1. The summed E-state index contributed by atoms with van der Waals surface area (Å²) >= 11 is 5.99. The molecule has 4 heteroatoms. The second kappa shape index (κ2) is 7.81. The van der Waals surface area contributed by atoms with Crippen LogP contribution in [-0.2, 0) is 4.79 Å². The minimum Gasteiger partial charge on any atom is -0.350 e. The lowest BCUT2D eigenvalue weighted by Crippen LogP contribution is -2.34. The maximum Gasteiger partial charge on any atom is 0.220 e. The second-order valence-electron chi connectivity index (χ2n) is 6.11. The van der Waals surface area contributed by atoms with E-state index in [9.17, 15) is 4.79 Å². The van der Waals surface area contributed by atoms with Gasteiger partial charge in [0.15, 0.2) is 0 Å². The van der Waals surface area contributed by atoms with Crippen LogP contribution in [0.4, 0.5) is 0 Å². The van der Waals surface area contributed by atoms with Crippen molar-refractivity contribution in [1.29, 1.82) is 0 Å². The Morgan fingerprint density at radius 2 is 2.10 bits per heavy atom. The third kappa shape index (κ3) is 5.01. The Bertz CT molecular complexity index is 472. The lowest BCUT2D eigenvalue weighted by atomic mass is 9.84. The smallest absolute Gasteiger partial charge is 0.220 e. The van der Waals surface area contributed by atoms with Crippen molar-refractivity contribution in [3.63, 3.8) is 0 Å². The van der Waals surface area contributed by atoms with Gasteiger partial charge in [0.1, 0.15) is 0 Å². The molecule has 1 aromatic carbocycles. The van der Waals surface area contributed by atoms with Crippen molar-refractivity contribution in [2.24, 2.45) is 11.8 Å². The van der Waals surface area contributed by atoms with Crippen LogP contribution in [0.25, 0.3) is 0 Å². The van der Waals surface area contributed by atoms with E-state index < -0.39 is 0 Å². The fourth-order valence-corrected chi connectivity index (χ4v) is 3.23. The number of halogens is 1. The molecule has 1 fully saturated rings. The Hall–Kier alpha value is -1.06. The van der Waals surface area contributed by atoms with Gasteiger partial charge in [0.2, 0.25) is 5.91 Å². The van der Waals surface area contributed by atoms with Crippen LogP contribution in [0.5, 0.6) is 0 Å². The van der Waals surface area contributed by atoms with Crippen LogP contribution in [0.2, 0.25) is 5.02 Å². The summed E-state index contributed by atoms with van der Waals surface area (Å²) in [6.07, 6.45) is 2.96. The number of hydrogen-bond donors (Lipinski definition) is 2. The van der Waals surface area contributed by atoms with E-state index in [0.717, 1.165) is 18.7 Å². The van der Waals surface area contributed by atoms with E-state index in [1.165, 1.54) is 12.8 Å². The van der Waals surface area contributed by atoms with Gasteiger partial charge in [-0.2, -0.15) is 0 Å². The van der Waals surface area contributed by atoms with Crippen molar-refractivity contribution in [2.75, 3.05) is 13.1 Å². The number of benzene rings is 1. The molecule has 1 aromatic rings. The van der Waals surface area contributed by atoms with Crippen LogP contribution in [0.1, 0.15) is 44.7 Å². The second-order valence-corrected chi connectivity index (χ2v) is 6.55. The van der Waals surface area contributed by atoms with Crippen molar-refractivity contribution in [3.8, 4) is 0 Å². The molecule has 1 amide bonds. The molecule has 0 saturated carbocycles. The first kappa shape index (κ1) is 16.3. The molecule has 21 heavy (non-hydrogen) atoms. The maximum atomic E-state index is 12.2. The summed E-state index contributed by atoms with van der Waals surface area (Å²) in [5, 5.41) is 7.15. The Morgan fingerprint density at radius 3 is 2.76 bits per heavy atom. The van der Waals surface area contributed by atoms with Gasteiger partial charge in [-0.25, -0.2) is 0 Å². The number of carbonyl (C=O) groups is 1. The number of rotatable bonds is 5. The number of piperidine rings is 1. The predicted molar refractivity (Wildman–Crippen MR) is 87.4 cm³/mol. The van der Waals surface area contributed by atoms with Gasteiger partial charge in [0, 0.05) is 11.4 Å². The molecule has 0 radical (unpaired) electrons. The normalized spacial score (nSPS) is 19.0. The van der Waals surface area contributed by atoms with Crippen LogP contribution in [0.3, 0.4) is 0 Å². The standard InChI is InChI=1S/C17H25ClN2O/c1-12(14-6-8-19-9-7-14)10-17(21)20-13(2)15-4-3-5-16(18)11-15/h3-5,11-14,19H,6-10H2,1-2H3,(H,20,21). The molecule has 0 aliphatic carbocycles. The van der Waals surface area contributed by atoms with Crippen LogP contribution in [0.15, 0.2) is 24.3 Å². The molecular weight excluding hydrogens is 284 g/mol. The van der Waals surface area contributed by atoms with E-state index in [4.69, 9.17) is 11.6 Å². The summed E-state index contributed by atoms with van der Waals surface area (Å²) < 4.78 is 0. The highest BCUT2D eigenvalue weighted by Gasteiger charge is 2.22. The van der Waals surface area contributed by atoms with Crippen molar-refractivity contribution >= 4 is 17.5 Å². The first-order valence-electron chi connectivity index (χ1n) is 7.82. The summed E-state index contributed by atoms with van der Waals surface area (Å²) in [7, 11) is 0. The topological polar surface area (TPSA) is 41.1 Å². The van der Waals surface area contributed by atoms with E-state index in [1.54, 1.807) is 0 Å². The Balaban J connectivity index is 1.83. The van der Waals surface area contributed by atoms with Crippen molar-refractivity contribution < 1.29 is 4.79 Å². The summed E-state index contributed by atoms with van der Waals surface area (Å²) in [4.78, 5) is 12.2. The highest BCUT2D eigenvalue weighted by atomic mass is 35.5. The minimum atomic E-state index is -0.00331. The quantitative estimate of drug-likeness (QED) is 0.873. The van der Waals surface area contributed by atoms with Gasteiger partial charge >= 0.3 is 0 Å². The zero-order chi connectivity index (χ0) is 15.2. The summed E-state index contributed by atoms with van der Waals surface area (Å²) in [6, 6.07) is 7.66. The van der Waals surface area contributed by atoms with Crippen molar-refractivity contribution in [2.45, 2.75) is 39.2 Å². The third-order valence-electron chi connectivity index (χ3n) is 4.42. The van der Waals surface area contributed by atoms with Gasteiger partial charge < -0.3 is 10.6 Å². The maximum absolute atomic E-state index is 12.2. The molecule has 3 nitrogen and oxygen atoms in total. The van der Waals surface area contributed by atoms with E-state index in [1.807, 2.05) is 31.2 Å². The van der Waals surface area contributed by atoms with Gasteiger partial charge in [-0.15, -0.1) is 0 Å². The molecule has 0 aromatic heterocycles. The largest absolute Gasteiger partial charge is 0.350 e. The molecule has 2 rings (SSSR count). The molecule has 0 spiro atoms. The summed E-state index contributed by atoms with van der Waals surface area (Å²) in [5.74, 6) is 1.24. The molecule has 116 valence electrons. The average molecular weight is 309 g/mol. The molecule has 1 saturated heterocycles. The number of carbonyl (C=O) groups excluding carboxylic acids is 1. The highest BCUT2D eigenvalue weighted by molar-refractivity contribution is 6.30. The summed E-state index contributed by atoms with van der Waals surface area (Å²) in [5.41, 5.74) is 1.05. The molecule has 1 heterocycles. The zero-order valence-corrected chi connectivity index (χ0v) is 13.6. The van der Waals surface area contributed by atoms with Crippen LogP contribution >= 0.6 is 11.6 Å². The number of amides is 1. The predicted octanol–water partition coefficient (Wildman–Crippen LogP) is 3.54. The Kier molecular flexibility index (Phi) is 6.07. The minimum absolute atomic E-state index is 0.00331. The molecule has 0 bridgehead atoms. The number of hydrogen-bond acceptors (Lipinski definition) is 2. The Morgan fingerprint density at radius 1 is 1.38 bits per heavy atom. The lowest BCUT2D eigenvalue weighted by molar-refractivity contribution is -0.123. The lowest BCUT2D eigenvalue weighted by Gasteiger charge is -2.28. The van der Waals surface area contributed by atoms with Gasteiger partial charge in [0.05, 0.1) is 6.04 Å². The summed E-state index contributed by atoms with van der Waals surface area (Å²) in [6.45, 7) is 6.35. The average Bonchev–Trinajstić information content (AvgIpc) is 2.48. The number of nitrogens with one attached hydrogen (secondary N) is 2. The van der Waals surface area contributed by atoms with E-state index >= 15 is 0 Å². The van der Waals surface area contributed by atoms with Crippen LogP contribution in [-0.4, -0.2) is 19.0 Å². The van der Waals surface area contributed by atoms with Gasteiger partial charge in [0.25, 0.3) is 0 Å². The zero-order valence-electron chi connectivity index (χ0n) is 12.9. The molecule has 2 N–H and O–H groups in total. The first-order chi connectivity index (χ1) is 10.1. The molecule has 2 atom stereocenters. The van der Waals surface area contributed by atoms with Crippen molar-refractivity contribution in [1.82, 2.24) is 10.6 Å². The molecule has 1 aliphatic rings. The van der Waals surface area contributed by atoms with Gasteiger partial charge in [-0.3, -0.25) is 4.79 Å². The molecule has 1 aliphatic heterocycles. The van der Waals surface area contributed by atoms with Crippen molar-refractivity contribution in [3.05, 3.63) is 34.9 Å². The van der Waals surface area contributed by atoms with Crippen LogP contribution < -0.4 is 10.6 Å². The van der Waals surface area contributed by atoms with E-state index in [0.29, 0.717) is 23.3 Å². The fraction of sp³-hybridized carbons (Fsp3) is 0.588. The van der Waals surface area contributed by atoms with Crippen LogP contribution in [0, 0.1) is 11.8 Å². The molecular formula is C17H25ClN2O. The Labute approximate surface area is 132 Å². The first-order valence-corrected chi connectivity index (χ1v) is 8.19. The van der Waals surface area contributed by atoms with Gasteiger partial charge in [-0.05, 0) is 62.4 Å². The van der Waals surface area contributed by atoms with E-state index in [-0.39, 0.29) is 11.9 Å². The van der Waals surface area contributed by atoms with Gasteiger partial charge in [-0.1, -0.05) is 30.7 Å².